The highest BCUT2D eigenvalue weighted by atomic mass is 35.5. The Hall–Kier alpha value is -2.13. The lowest BCUT2D eigenvalue weighted by atomic mass is 10.3. The molecule has 2 aromatic carbocycles. The van der Waals surface area contributed by atoms with Gasteiger partial charge in [0.15, 0.2) is 0 Å². The van der Waals surface area contributed by atoms with Crippen LogP contribution in [0.2, 0.25) is 0 Å². The first-order valence-electron chi connectivity index (χ1n) is 8.08. The fourth-order valence-electron chi connectivity index (χ4n) is 2.25. The van der Waals surface area contributed by atoms with Crippen LogP contribution < -0.4 is 14.9 Å². The van der Waals surface area contributed by atoms with Gasteiger partial charge in [0, 0.05) is 26.4 Å². The first kappa shape index (κ1) is 22.9. The van der Waals surface area contributed by atoms with Crippen LogP contribution in [0, 0.1) is 0 Å². The number of carbonyl (C=O) groups excluding carboxylic acids is 1. The Morgan fingerprint density at radius 1 is 1.11 bits per heavy atom. The number of nitrogens with zero attached hydrogens (tertiary/aromatic N) is 1. The molecule has 9 heteroatoms. The van der Waals surface area contributed by atoms with E-state index in [1.54, 1.807) is 43.5 Å². The number of nitrogens with one attached hydrogen (secondary N) is 2. The number of hydrogen-bond acceptors (Lipinski definition) is 5. The molecule has 0 aliphatic carbocycles. The van der Waals surface area contributed by atoms with Crippen LogP contribution in [0.3, 0.4) is 0 Å². The van der Waals surface area contributed by atoms with Gasteiger partial charge in [-0.25, -0.2) is 8.42 Å². The van der Waals surface area contributed by atoms with Gasteiger partial charge in [-0.2, -0.15) is 0 Å². The highest BCUT2D eigenvalue weighted by Gasteiger charge is 2.21. The highest BCUT2D eigenvalue weighted by Crippen LogP contribution is 2.23. The summed E-state index contributed by atoms with van der Waals surface area (Å²) >= 11 is 0. The second kappa shape index (κ2) is 10.9. The highest BCUT2D eigenvalue weighted by molar-refractivity contribution is 7.92. The number of ether oxygens (including phenoxy) is 1. The van der Waals surface area contributed by atoms with E-state index in [9.17, 15) is 13.2 Å². The van der Waals surface area contributed by atoms with E-state index in [1.165, 1.54) is 23.5 Å². The van der Waals surface area contributed by atoms with Crippen molar-refractivity contribution in [3.63, 3.8) is 0 Å². The minimum Gasteiger partial charge on any atom is -0.383 e. The summed E-state index contributed by atoms with van der Waals surface area (Å²) in [5, 5.41) is 5.61. The number of methoxy groups -OCH3 is 1. The van der Waals surface area contributed by atoms with E-state index in [4.69, 9.17) is 4.74 Å². The molecule has 2 aromatic rings. The fourth-order valence-corrected chi connectivity index (χ4v) is 3.49. The van der Waals surface area contributed by atoms with Crippen molar-refractivity contribution in [2.45, 2.75) is 4.90 Å². The zero-order valence-corrected chi connectivity index (χ0v) is 16.8. The van der Waals surface area contributed by atoms with Gasteiger partial charge in [-0.3, -0.25) is 9.10 Å². The Balaban J connectivity index is 0.00000364. The summed E-state index contributed by atoms with van der Waals surface area (Å²) in [6.45, 7) is 1.18. The first-order chi connectivity index (χ1) is 12.4. The van der Waals surface area contributed by atoms with E-state index < -0.39 is 10.0 Å². The van der Waals surface area contributed by atoms with E-state index in [0.717, 1.165) is 0 Å². The summed E-state index contributed by atoms with van der Waals surface area (Å²) in [6.07, 6.45) is 0. The lowest BCUT2D eigenvalue weighted by Gasteiger charge is -2.19. The van der Waals surface area contributed by atoms with Crippen molar-refractivity contribution >= 4 is 39.7 Å². The molecular weight excluding hydrogens is 390 g/mol. The molecule has 2 rings (SSSR count). The molecule has 0 heterocycles. The summed E-state index contributed by atoms with van der Waals surface area (Å²) in [6, 6.07) is 15.0. The van der Waals surface area contributed by atoms with Crippen molar-refractivity contribution in [2.75, 3.05) is 43.5 Å². The number of sulfonamides is 1. The largest absolute Gasteiger partial charge is 0.383 e. The maximum absolute atomic E-state index is 12.8. The Morgan fingerprint density at radius 3 is 2.48 bits per heavy atom. The second-order valence-electron chi connectivity index (χ2n) is 5.55. The molecule has 0 unspecified atom stereocenters. The summed E-state index contributed by atoms with van der Waals surface area (Å²) in [4.78, 5) is 12.0. The predicted molar refractivity (Wildman–Crippen MR) is 109 cm³/mol. The van der Waals surface area contributed by atoms with Gasteiger partial charge in [0.25, 0.3) is 10.0 Å². The average Bonchev–Trinajstić information content (AvgIpc) is 2.65. The Kier molecular flexibility index (Phi) is 9.23. The molecule has 2 N–H and O–H groups in total. The molecule has 0 radical (unpaired) electrons. The van der Waals surface area contributed by atoms with Crippen molar-refractivity contribution in [3.05, 3.63) is 54.6 Å². The molecule has 0 fully saturated rings. The van der Waals surface area contributed by atoms with Gasteiger partial charge in [0.05, 0.1) is 23.7 Å². The molecule has 0 aliphatic heterocycles. The number of para-hydroxylation sites is 1. The van der Waals surface area contributed by atoms with Gasteiger partial charge in [-0.1, -0.05) is 24.3 Å². The summed E-state index contributed by atoms with van der Waals surface area (Å²) in [5.74, 6) is -0.257. The zero-order valence-electron chi connectivity index (χ0n) is 15.2. The molecule has 148 valence electrons. The minimum absolute atomic E-state index is 0. The molecule has 27 heavy (non-hydrogen) atoms. The maximum Gasteiger partial charge on any atom is 0.264 e. The third-order valence-electron chi connectivity index (χ3n) is 3.66. The molecule has 0 saturated heterocycles. The molecule has 0 atom stereocenters. The van der Waals surface area contributed by atoms with E-state index >= 15 is 0 Å². The van der Waals surface area contributed by atoms with Crippen molar-refractivity contribution in [1.82, 2.24) is 5.32 Å². The van der Waals surface area contributed by atoms with Crippen LogP contribution in [0.25, 0.3) is 0 Å². The van der Waals surface area contributed by atoms with Crippen molar-refractivity contribution in [3.8, 4) is 0 Å². The summed E-state index contributed by atoms with van der Waals surface area (Å²) in [7, 11) is -0.646. The van der Waals surface area contributed by atoms with Gasteiger partial charge in [0.1, 0.15) is 0 Å². The smallest absolute Gasteiger partial charge is 0.264 e. The Bertz CT molecular complexity index is 832. The SMILES string of the molecule is COCCNCC(=O)Nc1cccc(S(=O)(=O)N(C)c2ccccc2)c1.Cl. The molecule has 1 amide bonds. The van der Waals surface area contributed by atoms with Gasteiger partial charge in [0.2, 0.25) is 5.91 Å². The monoisotopic (exact) mass is 413 g/mol. The topological polar surface area (TPSA) is 87.7 Å². The normalized spacial score (nSPS) is 10.7. The van der Waals surface area contributed by atoms with Crippen LogP contribution in [0.4, 0.5) is 11.4 Å². The minimum atomic E-state index is -3.72. The van der Waals surface area contributed by atoms with E-state index in [1.807, 2.05) is 6.07 Å². The van der Waals surface area contributed by atoms with Crippen LogP contribution in [0.5, 0.6) is 0 Å². The van der Waals surface area contributed by atoms with Crippen molar-refractivity contribution < 1.29 is 17.9 Å². The number of carbonyl (C=O) groups is 1. The number of hydrogen-bond donors (Lipinski definition) is 2. The van der Waals surface area contributed by atoms with Crippen LogP contribution in [-0.2, 0) is 19.6 Å². The van der Waals surface area contributed by atoms with Gasteiger partial charge in [-0.05, 0) is 30.3 Å². The van der Waals surface area contributed by atoms with Crippen LogP contribution in [-0.4, -0.2) is 48.2 Å². The first-order valence-corrected chi connectivity index (χ1v) is 9.52. The number of halogens is 1. The molecule has 0 aliphatic rings. The standard InChI is InChI=1S/C18H23N3O4S.ClH/c1-21(16-8-4-3-5-9-16)26(23,24)17-10-6-7-15(13-17)20-18(22)14-19-11-12-25-2;/h3-10,13,19H,11-12,14H2,1-2H3,(H,20,22);1H. The summed E-state index contributed by atoms with van der Waals surface area (Å²) in [5.41, 5.74) is 0.982. The lowest BCUT2D eigenvalue weighted by Crippen LogP contribution is -2.30. The summed E-state index contributed by atoms with van der Waals surface area (Å²) < 4.78 is 31.7. The van der Waals surface area contributed by atoms with Gasteiger partial charge >= 0.3 is 0 Å². The zero-order chi connectivity index (χ0) is 19.0. The average molecular weight is 414 g/mol. The molecule has 0 saturated carbocycles. The van der Waals surface area contributed by atoms with E-state index in [2.05, 4.69) is 10.6 Å². The fraction of sp³-hybridized carbons (Fsp3) is 0.278. The van der Waals surface area contributed by atoms with Crippen molar-refractivity contribution in [2.24, 2.45) is 0 Å². The van der Waals surface area contributed by atoms with Gasteiger partial charge in [-0.15, -0.1) is 12.4 Å². The van der Waals surface area contributed by atoms with Crippen molar-refractivity contribution in [1.29, 1.82) is 0 Å². The molecular formula is C18H24ClN3O4S. The van der Waals surface area contributed by atoms with Gasteiger partial charge < -0.3 is 15.4 Å². The molecule has 7 nitrogen and oxygen atoms in total. The maximum atomic E-state index is 12.8. The molecule has 0 spiro atoms. The van der Waals surface area contributed by atoms with E-state index in [0.29, 0.717) is 24.5 Å². The van der Waals surface area contributed by atoms with Crippen LogP contribution in [0.1, 0.15) is 0 Å². The Labute approximate surface area is 166 Å². The number of anilines is 2. The molecule has 0 bridgehead atoms. The number of benzene rings is 2. The van der Waals surface area contributed by atoms with E-state index in [-0.39, 0.29) is 29.8 Å². The van der Waals surface area contributed by atoms with Crippen LogP contribution >= 0.6 is 12.4 Å². The molecule has 0 aromatic heterocycles. The quantitative estimate of drug-likeness (QED) is 0.615. The third kappa shape index (κ3) is 6.51. The predicted octanol–water partition coefficient (Wildman–Crippen LogP) is 2.11. The second-order valence-corrected chi connectivity index (χ2v) is 7.52. The Morgan fingerprint density at radius 2 is 1.81 bits per heavy atom. The third-order valence-corrected chi connectivity index (χ3v) is 5.45. The number of amides is 1. The number of rotatable bonds is 9. The van der Waals surface area contributed by atoms with Crippen LogP contribution in [0.15, 0.2) is 59.5 Å². The lowest BCUT2D eigenvalue weighted by molar-refractivity contribution is -0.115.